The van der Waals surface area contributed by atoms with Gasteiger partial charge in [-0.2, -0.15) is 8.78 Å². The number of para-hydroxylation sites is 2. The van der Waals surface area contributed by atoms with Crippen molar-refractivity contribution < 1.29 is 42.7 Å². The Morgan fingerprint density at radius 3 is 1.69 bits per heavy atom. The molecule has 4 aromatic carbocycles. The maximum atomic E-state index is 14.1. The zero-order chi connectivity index (χ0) is 47.8. The summed E-state index contributed by atoms with van der Waals surface area (Å²) >= 11 is 0. The van der Waals surface area contributed by atoms with E-state index in [9.17, 15) is 38.9 Å². The van der Waals surface area contributed by atoms with Gasteiger partial charge in [0.05, 0.1) is 71.6 Å². The fraction of sp³-hybridized carbons (Fsp3) is 0.213. The highest BCUT2D eigenvalue weighted by molar-refractivity contribution is 6.04. The van der Waals surface area contributed by atoms with Crippen LogP contribution in [0.4, 0.5) is 43.4 Å². The SMILES string of the molecule is COC(=O)c1cnc(Nc2cc([N+](=O)[O-])c(F)cc2OC)nc1-c1cn2c3c(cccc13)CCC2.COc1cc(F)c([N+](=O)[O-])cc1Nc1ncc(CO)c(-c2cn3c4c(cccc24)CCC3)n1. The van der Waals surface area contributed by atoms with Crippen LogP contribution in [0.15, 0.2) is 85.5 Å². The number of carbonyl (C=O) groups excluding carboxylic acids is 1. The number of nitro benzene ring substituents is 2. The number of hydrogen-bond donors (Lipinski definition) is 3. The molecule has 0 saturated carbocycles. The second kappa shape index (κ2) is 18.4. The van der Waals surface area contributed by atoms with Gasteiger partial charge in [-0.3, -0.25) is 20.2 Å². The minimum atomic E-state index is -1.03. The smallest absolute Gasteiger partial charge is 0.341 e. The minimum absolute atomic E-state index is 0.0300. The molecule has 68 heavy (non-hydrogen) atoms. The van der Waals surface area contributed by atoms with E-state index in [1.54, 1.807) is 0 Å². The number of nitro groups is 2. The van der Waals surface area contributed by atoms with Crippen LogP contribution in [0, 0.1) is 31.9 Å². The molecule has 21 heteroatoms. The van der Waals surface area contributed by atoms with E-state index in [1.807, 2.05) is 36.7 Å². The molecule has 6 heterocycles. The average molecular weight is 927 g/mol. The van der Waals surface area contributed by atoms with E-state index in [2.05, 4.69) is 51.8 Å². The number of hydrogen-bond acceptors (Lipinski definition) is 15. The van der Waals surface area contributed by atoms with Crippen LogP contribution in [0.2, 0.25) is 0 Å². The van der Waals surface area contributed by atoms with Crippen molar-refractivity contribution in [1.29, 1.82) is 0 Å². The predicted octanol–water partition coefficient (Wildman–Crippen LogP) is 8.97. The van der Waals surface area contributed by atoms with Crippen molar-refractivity contribution in [3.8, 4) is 34.0 Å². The van der Waals surface area contributed by atoms with E-state index in [4.69, 9.17) is 14.2 Å². The maximum absolute atomic E-state index is 14.1. The molecule has 0 aliphatic carbocycles. The first-order valence-corrected chi connectivity index (χ1v) is 21.1. The number of carbonyl (C=O) groups is 1. The summed E-state index contributed by atoms with van der Waals surface area (Å²) < 4.78 is 47.7. The highest BCUT2D eigenvalue weighted by atomic mass is 19.1. The lowest BCUT2D eigenvalue weighted by molar-refractivity contribution is -0.387. The van der Waals surface area contributed by atoms with Gasteiger partial charge in [-0.1, -0.05) is 36.4 Å². The lowest BCUT2D eigenvalue weighted by Gasteiger charge is -2.14. The number of esters is 1. The highest BCUT2D eigenvalue weighted by Crippen LogP contribution is 2.40. The molecule has 0 unspecified atom stereocenters. The van der Waals surface area contributed by atoms with Gasteiger partial charge in [0.15, 0.2) is 0 Å². The molecule has 0 spiro atoms. The van der Waals surface area contributed by atoms with Gasteiger partial charge in [-0.15, -0.1) is 0 Å². The molecule has 19 nitrogen and oxygen atoms in total. The second-order valence-corrected chi connectivity index (χ2v) is 15.8. The number of methoxy groups -OCH3 is 3. The molecular weight excluding hydrogens is 887 g/mol. The number of halogens is 2. The van der Waals surface area contributed by atoms with Crippen LogP contribution in [0.1, 0.15) is 39.9 Å². The third-order valence-electron chi connectivity index (χ3n) is 11.8. The third kappa shape index (κ3) is 8.18. The van der Waals surface area contributed by atoms with Crippen LogP contribution in [0.3, 0.4) is 0 Å². The number of aliphatic hydroxyl groups is 1. The van der Waals surface area contributed by atoms with Crippen LogP contribution in [0.5, 0.6) is 11.5 Å². The third-order valence-corrected chi connectivity index (χ3v) is 11.8. The molecule has 0 amide bonds. The Hall–Kier alpha value is -8.59. The number of anilines is 4. The van der Waals surface area contributed by atoms with Crippen LogP contribution < -0.4 is 20.1 Å². The topological polar surface area (TPSA) is 237 Å². The zero-order valence-corrected chi connectivity index (χ0v) is 36.6. The molecule has 0 saturated heterocycles. The monoisotopic (exact) mass is 926 g/mol. The number of aliphatic hydroxyl groups excluding tert-OH is 1. The summed E-state index contributed by atoms with van der Waals surface area (Å²) in [5.74, 6) is -2.37. The number of aryl methyl sites for hydroxylation is 4. The van der Waals surface area contributed by atoms with Crippen molar-refractivity contribution in [3.05, 3.63) is 140 Å². The Bertz CT molecular complexity index is 3340. The lowest BCUT2D eigenvalue weighted by Crippen LogP contribution is -2.09. The van der Waals surface area contributed by atoms with Crippen LogP contribution >= 0.6 is 0 Å². The molecule has 4 aromatic heterocycles. The van der Waals surface area contributed by atoms with Gasteiger partial charge in [0.25, 0.3) is 0 Å². The second-order valence-electron chi connectivity index (χ2n) is 15.8. The fourth-order valence-corrected chi connectivity index (χ4v) is 8.75. The van der Waals surface area contributed by atoms with E-state index in [0.29, 0.717) is 17.0 Å². The molecule has 3 N–H and O–H groups in total. The maximum Gasteiger partial charge on any atom is 0.341 e. The molecule has 8 aromatic rings. The molecule has 0 bridgehead atoms. The van der Waals surface area contributed by atoms with Gasteiger partial charge in [-0.05, 0) is 36.8 Å². The summed E-state index contributed by atoms with van der Waals surface area (Å²) in [7, 11) is 3.92. The summed E-state index contributed by atoms with van der Waals surface area (Å²) in [5.41, 5.74) is 6.75. The molecule has 0 atom stereocenters. The first-order chi connectivity index (χ1) is 32.9. The van der Waals surface area contributed by atoms with Crippen molar-refractivity contribution in [2.45, 2.75) is 45.4 Å². The van der Waals surface area contributed by atoms with E-state index in [1.165, 1.54) is 44.8 Å². The molecular formula is C47H40F2N10O9. The zero-order valence-electron chi connectivity index (χ0n) is 36.6. The molecule has 2 aliphatic rings. The Morgan fingerprint density at radius 1 is 0.735 bits per heavy atom. The summed E-state index contributed by atoms with van der Waals surface area (Å²) in [6.07, 6.45) is 10.8. The Balaban J connectivity index is 0.000000170. The summed E-state index contributed by atoms with van der Waals surface area (Å²) in [5, 5.41) is 40.0. The molecule has 0 fully saturated rings. The normalized spacial score (nSPS) is 12.6. The lowest BCUT2D eigenvalue weighted by atomic mass is 10.0. The standard InChI is InChI=1S/C24H20FN5O5.C23H20FN5O4/c1-34-20-9-17(25)19(30(32)33)10-18(20)27-24-26-11-15(23(31)35-2)21(28-24)16-12-29-8-4-6-13-5-3-7-14(16)22(13)29;1-33-20-8-17(24)19(29(31)32)9-18(20)26-23-25-10-14(12-30)21(27-23)16-11-28-7-3-5-13-4-2-6-15(16)22(13)28/h3,5,7,9-12H,4,6,8H2,1-2H3,(H,26,27,28);2,4,6,8-11,30H,3,5,7,12H2,1H3,(H,25,26,27). The number of rotatable bonds is 12. The van der Waals surface area contributed by atoms with Crippen molar-refractivity contribution >= 4 is 62.4 Å². The van der Waals surface area contributed by atoms with Crippen molar-refractivity contribution in [2.24, 2.45) is 0 Å². The van der Waals surface area contributed by atoms with Gasteiger partial charge in [0, 0.05) is 89.6 Å². The minimum Gasteiger partial charge on any atom is -0.494 e. The number of aromatic nitrogens is 6. The highest BCUT2D eigenvalue weighted by Gasteiger charge is 2.26. The Morgan fingerprint density at radius 2 is 1.22 bits per heavy atom. The van der Waals surface area contributed by atoms with E-state index in [0.717, 1.165) is 96.0 Å². The van der Waals surface area contributed by atoms with Crippen molar-refractivity contribution in [3.63, 3.8) is 0 Å². The van der Waals surface area contributed by atoms with Gasteiger partial charge >= 0.3 is 17.3 Å². The number of ether oxygens (including phenoxy) is 3. The van der Waals surface area contributed by atoms with Gasteiger partial charge in [0.1, 0.15) is 17.1 Å². The van der Waals surface area contributed by atoms with Crippen LogP contribution in [-0.2, 0) is 37.3 Å². The summed E-state index contributed by atoms with van der Waals surface area (Å²) in [6, 6.07) is 16.1. The number of nitrogens with one attached hydrogen (secondary N) is 2. The Labute approximate surface area is 384 Å². The number of nitrogens with zero attached hydrogens (tertiary/aromatic N) is 8. The van der Waals surface area contributed by atoms with E-state index in [-0.39, 0.29) is 46.9 Å². The molecule has 0 radical (unpaired) electrons. The van der Waals surface area contributed by atoms with E-state index < -0.39 is 38.8 Å². The molecule has 10 rings (SSSR count). The van der Waals surface area contributed by atoms with Gasteiger partial charge in [-0.25, -0.2) is 24.7 Å². The van der Waals surface area contributed by atoms with E-state index >= 15 is 0 Å². The Kier molecular flexibility index (Phi) is 12.0. The molecule has 346 valence electrons. The summed E-state index contributed by atoms with van der Waals surface area (Å²) in [6.45, 7) is 1.48. The van der Waals surface area contributed by atoms with Crippen LogP contribution in [0.25, 0.3) is 44.3 Å². The van der Waals surface area contributed by atoms with Crippen molar-refractivity contribution in [2.75, 3.05) is 32.0 Å². The quantitative estimate of drug-likeness (QED) is 0.0589. The summed E-state index contributed by atoms with van der Waals surface area (Å²) in [4.78, 5) is 50.9. The largest absolute Gasteiger partial charge is 0.494 e. The average Bonchev–Trinajstić information content (AvgIpc) is 3.92. The first-order valence-electron chi connectivity index (χ1n) is 21.1. The van der Waals surface area contributed by atoms with Gasteiger partial charge in [0.2, 0.25) is 23.5 Å². The predicted molar refractivity (Wildman–Crippen MR) is 246 cm³/mol. The molecule has 2 aliphatic heterocycles. The fourth-order valence-electron chi connectivity index (χ4n) is 8.75. The van der Waals surface area contributed by atoms with Crippen LogP contribution in [-0.4, -0.2) is 71.3 Å². The number of benzene rings is 4. The first kappa shape index (κ1) is 44.6. The van der Waals surface area contributed by atoms with Gasteiger partial charge < -0.3 is 39.1 Å². The van der Waals surface area contributed by atoms with Crippen molar-refractivity contribution in [1.82, 2.24) is 29.1 Å².